The molecule has 0 aliphatic rings. The molecular formula is C6H6BrFS. The van der Waals surface area contributed by atoms with Crippen molar-refractivity contribution in [3.05, 3.63) is 22.4 Å². The Hall–Kier alpha value is 0.110. The summed E-state index contributed by atoms with van der Waals surface area (Å²) in [6, 6.07) is 3.66. The van der Waals surface area contributed by atoms with Crippen LogP contribution in [0, 0.1) is 0 Å². The van der Waals surface area contributed by atoms with Crippen LogP contribution in [-0.2, 0) is 0 Å². The van der Waals surface area contributed by atoms with Crippen molar-refractivity contribution >= 4 is 27.3 Å². The van der Waals surface area contributed by atoms with E-state index >= 15 is 0 Å². The highest BCUT2D eigenvalue weighted by Crippen LogP contribution is 2.23. The largest absolute Gasteiger partial charge is 0.240 e. The molecule has 0 spiro atoms. The van der Waals surface area contributed by atoms with E-state index in [0.717, 1.165) is 4.88 Å². The van der Waals surface area contributed by atoms with Gasteiger partial charge in [-0.25, -0.2) is 4.39 Å². The van der Waals surface area contributed by atoms with Crippen LogP contribution < -0.4 is 0 Å². The molecule has 1 aromatic heterocycles. The van der Waals surface area contributed by atoms with Crippen LogP contribution in [0.25, 0.3) is 0 Å². The van der Waals surface area contributed by atoms with Gasteiger partial charge in [0.05, 0.1) is 0 Å². The van der Waals surface area contributed by atoms with Crippen molar-refractivity contribution in [3.63, 3.8) is 0 Å². The van der Waals surface area contributed by atoms with Gasteiger partial charge in [0, 0.05) is 10.2 Å². The van der Waals surface area contributed by atoms with Crippen LogP contribution in [0.15, 0.2) is 17.5 Å². The topological polar surface area (TPSA) is 0 Å². The van der Waals surface area contributed by atoms with Gasteiger partial charge in [-0.3, -0.25) is 0 Å². The minimum atomic E-state index is -0.829. The molecule has 1 rings (SSSR count). The van der Waals surface area contributed by atoms with E-state index in [2.05, 4.69) is 15.9 Å². The molecule has 0 N–H and O–H groups in total. The molecule has 0 unspecified atom stereocenters. The second-order valence-corrected chi connectivity index (χ2v) is 3.26. The molecule has 0 amide bonds. The van der Waals surface area contributed by atoms with Gasteiger partial charge in [0.15, 0.2) is 0 Å². The molecular weight excluding hydrogens is 203 g/mol. The van der Waals surface area contributed by atoms with Crippen molar-refractivity contribution in [1.29, 1.82) is 0 Å². The Kier molecular flexibility index (Phi) is 2.66. The summed E-state index contributed by atoms with van der Waals surface area (Å²) in [5, 5.41) is 2.28. The predicted octanol–water partition coefficient (Wildman–Crippen LogP) is 3.15. The van der Waals surface area contributed by atoms with Gasteiger partial charge in [0.25, 0.3) is 0 Å². The SMILES string of the molecule is F[C@H](CBr)c1cccs1. The molecule has 50 valence electrons. The van der Waals surface area contributed by atoms with E-state index in [9.17, 15) is 4.39 Å². The zero-order valence-electron chi connectivity index (χ0n) is 4.68. The molecule has 0 nitrogen and oxygen atoms in total. The van der Waals surface area contributed by atoms with E-state index in [-0.39, 0.29) is 0 Å². The molecule has 0 bridgehead atoms. The predicted molar refractivity (Wildman–Crippen MR) is 42.0 cm³/mol. The molecule has 1 aromatic rings. The number of hydrogen-bond acceptors (Lipinski definition) is 1. The van der Waals surface area contributed by atoms with Crippen molar-refractivity contribution < 1.29 is 4.39 Å². The average Bonchev–Trinajstić information content (AvgIpc) is 2.37. The molecule has 1 heterocycles. The van der Waals surface area contributed by atoms with Crippen LogP contribution >= 0.6 is 27.3 Å². The van der Waals surface area contributed by atoms with Gasteiger partial charge in [0.2, 0.25) is 0 Å². The third-order valence-electron chi connectivity index (χ3n) is 0.987. The van der Waals surface area contributed by atoms with E-state index in [0.29, 0.717) is 5.33 Å². The van der Waals surface area contributed by atoms with Crippen molar-refractivity contribution in [2.45, 2.75) is 6.17 Å². The maximum Gasteiger partial charge on any atom is 0.144 e. The van der Waals surface area contributed by atoms with E-state index in [4.69, 9.17) is 0 Å². The lowest BCUT2D eigenvalue weighted by atomic mass is 10.3. The van der Waals surface area contributed by atoms with E-state index in [1.165, 1.54) is 11.3 Å². The lowest BCUT2D eigenvalue weighted by Crippen LogP contribution is -1.86. The van der Waals surface area contributed by atoms with Crippen molar-refractivity contribution in [3.8, 4) is 0 Å². The third-order valence-corrected chi connectivity index (χ3v) is 2.51. The first-order valence-corrected chi connectivity index (χ1v) is 4.58. The van der Waals surface area contributed by atoms with Gasteiger partial charge in [-0.05, 0) is 11.4 Å². The Labute approximate surface area is 65.8 Å². The summed E-state index contributed by atoms with van der Waals surface area (Å²) < 4.78 is 12.7. The highest BCUT2D eigenvalue weighted by atomic mass is 79.9. The third kappa shape index (κ3) is 1.76. The van der Waals surface area contributed by atoms with Crippen molar-refractivity contribution in [2.75, 3.05) is 5.33 Å². The highest BCUT2D eigenvalue weighted by molar-refractivity contribution is 9.09. The number of rotatable bonds is 2. The summed E-state index contributed by atoms with van der Waals surface area (Å²) in [7, 11) is 0. The maximum atomic E-state index is 12.7. The first kappa shape index (κ1) is 7.22. The minimum absolute atomic E-state index is 0.396. The van der Waals surface area contributed by atoms with Crippen molar-refractivity contribution in [2.24, 2.45) is 0 Å². The van der Waals surface area contributed by atoms with Gasteiger partial charge in [0.1, 0.15) is 6.17 Å². The van der Waals surface area contributed by atoms with Crippen LogP contribution in [0.5, 0.6) is 0 Å². The lowest BCUT2D eigenvalue weighted by molar-refractivity contribution is 0.389. The minimum Gasteiger partial charge on any atom is -0.240 e. The first-order chi connectivity index (χ1) is 4.34. The summed E-state index contributed by atoms with van der Waals surface area (Å²) in [4.78, 5) is 0.798. The van der Waals surface area contributed by atoms with Crippen molar-refractivity contribution in [1.82, 2.24) is 0 Å². The zero-order valence-corrected chi connectivity index (χ0v) is 7.08. The number of alkyl halides is 2. The summed E-state index contributed by atoms with van der Waals surface area (Å²) in [5.74, 6) is 0. The Morgan fingerprint density at radius 2 is 2.56 bits per heavy atom. The number of halogens is 2. The molecule has 0 radical (unpaired) electrons. The zero-order chi connectivity index (χ0) is 6.69. The summed E-state index contributed by atoms with van der Waals surface area (Å²) >= 11 is 4.52. The molecule has 0 saturated heterocycles. The number of thiophene rings is 1. The standard InChI is InChI=1S/C6H6BrFS/c7-4-5(8)6-2-1-3-9-6/h1-3,5H,4H2/t5-/m1/s1. The fourth-order valence-corrected chi connectivity index (χ4v) is 1.81. The Bertz CT molecular complexity index is 162. The lowest BCUT2D eigenvalue weighted by Gasteiger charge is -1.96. The average molecular weight is 209 g/mol. The molecule has 9 heavy (non-hydrogen) atoms. The van der Waals surface area contributed by atoms with E-state index in [1.54, 1.807) is 6.07 Å². The number of hydrogen-bond donors (Lipinski definition) is 0. The first-order valence-electron chi connectivity index (χ1n) is 2.58. The maximum absolute atomic E-state index is 12.7. The molecule has 0 aromatic carbocycles. The van der Waals surface area contributed by atoms with Gasteiger partial charge < -0.3 is 0 Å². The molecule has 0 saturated carbocycles. The Morgan fingerprint density at radius 3 is 3.00 bits per heavy atom. The quantitative estimate of drug-likeness (QED) is 0.656. The van der Waals surface area contributed by atoms with Crippen LogP contribution in [0.4, 0.5) is 4.39 Å². The second kappa shape index (κ2) is 3.32. The smallest absolute Gasteiger partial charge is 0.144 e. The van der Waals surface area contributed by atoms with Crippen LogP contribution in [0.3, 0.4) is 0 Å². The van der Waals surface area contributed by atoms with Crippen LogP contribution in [-0.4, -0.2) is 5.33 Å². The van der Waals surface area contributed by atoms with Gasteiger partial charge in [-0.2, -0.15) is 0 Å². The molecule has 0 fully saturated rings. The van der Waals surface area contributed by atoms with E-state index < -0.39 is 6.17 Å². The molecule has 3 heteroatoms. The van der Waals surface area contributed by atoms with Crippen LogP contribution in [0.1, 0.15) is 11.0 Å². The molecule has 0 aliphatic carbocycles. The summed E-state index contributed by atoms with van der Waals surface area (Å²) in [6.45, 7) is 0. The van der Waals surface area contributed by atoms with Crippen LogP contribution in [0.2, 0.25) is 0 Å². The second-order valence-electron chi connectivity index (χ2n) is 1.64. The van der Waals surface area contributed by atoms with Gasteiger partial charge >= 0.3 is 0 Å². The normalized spacial score (nSPS) is 13.6. The molecule has 0 aliphatic heterocycles. The van der Waals surface area contributed by atoms with Gasteiger partial charge in [-0.1, -0.05) is 22.0 Å². The molecule has 1 atom stereocenters. The fraction of sp³-hybridized carbons (Fsp3) is 0.333. The fourth-order valence-electron chi connectivity index (χ4n) is 0.546. The highest BCUT2D eigenvalue weighted by Gasteiger charge is 2.06. The summed E-state index contributed by atoms with van der Waals surface area (Å²) in [6.07, 6.45) is -0.829. The van der Waals surface area contributed by atoms with Gasteiger partial charge in [-0.15, -0.1) is 11.3 Å². The summed E-state index contributed by atoms with van der Waals surface area (Å²) in [5.41, 5.74) is 0. The van der Waals surface area contributed by atoms with E-state index in [1.807, 2.05) is 11.4 Å². The Balaban J connectivity index is 2.65. The monoisotopic (exact) mass is 208 g/mol. The Morgan fingerprint density at radius 1 is 1.78 bits per heavy atom.